The summed E-state index contributed by atoms with van der Waals surface area (Å²) < 4.78 is 12.4. The molecule has 0 atom stereocenters. The lowest BCUT2D eigenvalue weighted by atomic mass is 9.86. The predicted molar refractivity (Wildman–Crippen MR) is 124 cm³/mol. The molecular weight excluding hydrogens is 420 g/mol. The molecule has 0 spiro atoms. The van der Waals surface area contributed by atoms with E-state index in [0.717, 1.165) is 16.3 Å². The fourth-order valence-corrected chi connectivity index (χ4v) is 4.12. The molecule has 0 bridgehead atoms. The van der Waals surface area contributed by atoms with Crippen LogP contribution in [0.5, 0.6) is 0 Å². The summed E-state index contributed by atoms with van der Waals surface area (Å²) in [7, 11) is 0. The van der Waals surface area contributed by atoms with Crippen LogP contribution >= 0.6 is 0 Å². The Morgan fingerprint density at radius 1 is 1.06 bits per heavy atom. The van der Waals surface area contributed by atoms with Crippen molar-refractivity contribution in [2.24, 2.45) is 0 Å². The number of carbonyl (C=O) groups is 2. The van der Waals surface area contributed by atoms with Gasteiger partial charge < -0.3 is 19.8 Å². The molecule has 1 saturated carbocycles. The second kappa shape index (κ2) is 7.95. The number of fused-ring (bicyclic) bond motifs is 2. The van der Waals surface area contributed by atoms with E-state index in [1.807, 2.05) is 63.2 Å². The standard InChI is InChI=1S/C25H26N4O4/c1-25(2,3)33-24(31)27-19-13-18(14-19)26-22(30)21-20(28-23-29(21)10-11-32-23)17-9-8-15-6-4-5-7-16(15)12-17/h4-12,18-19H,13-14H2,1-3H3,(H,26,30)(H,27,31)/t18-,19-. The lowest BCUT2D eigenvalue weighted by Gasteiger charge is -2.36. The molecule has 33 heavy (non-hydrogen) atoms. The number of nitrogens with zero attached hydrogens (tertiary/aromatic N) is 2. The summed E-state index contributed by atoms with van der Waals surface area (Å²) >= 11 is 0. The Morgan fingerprint density at radius 2 is 1.79 bits per heavy atom. The first-order valence-electron chi connectivity index (χ1n) is 11.0. The first-order chi connectivity index (χ1) is 15.8. The number of benzene rings is 2. The maximum absolute atomic E-state index is 13.3. The Labute approximate surface area is 190 Å². The number of carbonyl (C=O) groups excluding carboxylic acids is 2. The number of hydrogen-bond acceptors (Lipinski definition) is 5. The van der Waals surface area contributed by atoms with Crippen molar-refractivity contribution >= 4 is 28.6 Å². The summed E-state index contributed by atoms with van der Waals surface area (Å²) in [4.78, 5) is 29.8. The number of nitrogens with one attached hydrogen (secondary N) is 2. The van der Waals surface area contributed by atoms with E-state index in [-0.39, 0.29) is 18.0 Å². The van der Waals surface area contributed by atoms with Crippen molar-refractivity contribution < 1.29 is 18.7 Å². The second-order valence-corrected chi connectivity index (χ2v) is 9.41. The van der Waals surface area contributed by atoms with Gasteiger partial charge in [0.25, 0.3) is 5.91 Å². The summed E-state index contributed by atoms with van der Waals surface area (Å²) in [6.07, 6.45) is 4.04. The van der Waals surface area contributed by atoms with Crippen molar-refractivity contribution in [3.8, 4) is 11.3 Å². The number of ether oxygens (including phenoxy) is 1. The third-order valence-corrected chi connectivity index (χ3v) is 5.69. The summed E-state index contributed by atoms with van der Waals surface area (Å²) in [5.41, 5.74) is 1.30. The molecule has 2 aromatic heterocycles. The van der Waals surface area contributed by atoms with Crippen LogP contribution < -0.4 is 10.6 Å². The van der Waals surface area contributed by atoms with Crippen LogP contribution in [-0.2, 0) is 4.74 Å². The smallest absolute Gasteiger partial charge is 0.407 e. The third kappa shape index (κ3) is 4.28. The highest BCUT2D eigenvalue weighted by atomic mass is 16.6. The monoisotopic (exact) mass is 446 g/mol. The van der Waals surface area contributed by atoms with Crippen molar-refractivity contribution in [1.82, 2.24) is 20.0 Å². The Morgan fingerprint density at radius 3 is 2.55 bits per heavy atom. The minimum absolute atomic E-state index is 0.0236. The second-order valence-electron chi connectivity index (χ2n) is 9.41. The summed E-state index contributed by atoms with van der Waals surface area (Å²) in [6, 6.07) is 14.0. The molecule has 0 radical (unpaired) electrons. The topological polar surface area (TPSA) is 97.9 Å². The van der Waals surface area contributed by atoms with E-state index >= 15 is 0 Å². The van der Waals surface area contributed by atoms with Gasteiger partial charge in [-0.15, -0.1) is 0 Å². The number of rotatable bonds is 4. The quantitative estimate of drug-likeness (QED) is 0.480. The Bertz CT molecular complexity index is 1340. The van der Waals surface area contributed by atoms with Crippen LogP contribution in [0.15, 0.2) is 59.3 Å². The molecule has 2 N–H and O–H groups in total. The number of alkyl carbamates (subject to hydrolysis) is 1. The van der Waals surface area contributed by atoms with Gasteiger partial charge in [-0.05, 0) is 50.5 Å². The van der Waals surface area contributed by atoms with Gasteiger partial charge in [-0.25, -0.2) is 4.79 Å². The fraction of sp³-hybridized carbons (Fsp3) is 0.320. The Hall–Kier alpha value is -3.81. The molecule has 2 amide bonds. The minimum Gasteiger partial charge on any atom is -0.444 e. The first kappa shape index (κ1) is 21.1. The number of imidazole rings is 1. The molecule has 4 aromatic rings. The van der Waals surface area contributed by atoms with Gasteiger partial charge >= 0.3 is 11.9 Å². The molecule has 8 heteroatoms. The molecule has 0 saturated heterocycles. The zero-order valence-corrected chi connectivity index (χ0v) is 18.8. The Balaban J connectivity index is 1.32. The van der Waals surface area contributed by atoms with Crippen LogP contribution in [0, 0.1) is 0 Å². The lowest BCUT2D eigenvalue weighted by molar-refractivity contribution is 0.0465. The highest BCUT2D eigenvalue weighted by Gasteiger charge is 2.34. The lowest BCUT2D eigenvalue weighted by Crippen LogP contribution is -2.54. The maximum Gasteiger partial charge on any atom is 0.407 e. The number of hydrogen-bond donors (Lipinski definition) is 2. The number of aromatic nitrogens is 2. The molecule has 0 aliphatic heterocycles. The largest absolute Gasteiger partial charge is 0.444 e. The molecule has 1 aliphatic carbocycles. The predicted octanol–water partition coefficient (Wildman–Crippen LogP) is 4.53. The van der Waals surface area contributed by atoms with Gasteiger partial charge in [0.2, 0.25) is 0 Å². The van der Waals surface area contributed by atoms with Gasteiger partial charge in [-0.2, -0.15) is 4.98 Å². The van der Waals surface area contributed by atoms with E-state index in [4.69, 9.17) is 9.15 Å². The first-order valence-corrected chi connectivity index (χ1v) is 11.0. The van der Waals surface area contributed by atoms with Gasteiger partial charge in [-0.3, -0.25) is 9.20 Å². The maximum atomic E-state index is 13.3. The van der Waals surface area contributed by atoms with Gasteiger partial charge in [-0.1, -0.05) is 36.4 Å². The molecule has 1 aliphatic rings. The van der Waals surface area contributed by atoms with Gasteiger partial charge in [0.1, 0.15) is 23.3 Å². The van der Waals surface area contributed by atoms with Crippen LogP contribution in [0.2, 0.25) is 0 Å². The fourth-order valence-electron chi connectivity index (χ4n) is 4.12. The molecule has 170 valence electrons. The van der Waals surface area contributed by atoms with Crippen molar-refractivity contribution in [1.29, 1.82) is 0 Å². The molecule has 2 aromatic carbocycles. The van der Waals surface area contributed by atoms with Gasteiger partial charge in [0.15, 0.2) is 0 Å². The van der Waals surface area contributed by atoms with Crippen LogP contribution in [-0.4, -0.2) is 39.1 Å². The zero-order chi connectivity index (χ0) is 23.2. The average Bonchev–Trinajstić information content (AvgIpc) is 3.31. The van der Waals surface area contributed by atoms with Crippen LogP contribution in [0.4, 0.5) is 4.79 Å². The normalized spacial score (nSPS) is 18.2. The SMILES string of the molecule is CC(C)(C)OC(=O)N[C@H]1C[C@H](NC(=O)c2c(-c3ccc4ccccc4c3)nc3occn23)C1. The van der Waals surface area contributed by atoms with E-state index < -0.39 is 11.7 Å². The molecule has 2 heterocycles. The average molecular weight is 447 g/mol. The highest BCUT2D eigenvalue weighted by molar-refractivity contribution is 6.00. The summed E-state index contributed by atoms with van der Waals surface area (Å²) in [5.74, 6) is 0.133. The van der Waals surface area contributed by atoms with Crippen molar-refractivity contribution in [2.45, 2.75) is 51.3 Å². The highest BCUT2D eigenvalue weighted by Crippen LogP contribution is 2.29. The third-order valence-electron chi connectivity index (χ3n) is 5.69. The van der Waals surface area contributed by atoms with Crippen LogP contribution in [0.25, 0.3) is 27.9 Å². The van der Waals surface area contributed by atoms with Crippen molar-refractivity contribution in [2.75, 3.05) is 0 Å². The van der Waals surface area contributed by atoms with Crippen LogP contribution in [0.1, 0.15) is 44.1 Å². The van der Waals surface area contributed by atoms with Crippen LogP contribution in [0.3, 0.4) is 0 Å². The number of oxazole rings is 1. The van der Waals surface area contributed by atoms with Gasteiger partial charge in [0.05, 0.1) is 0 Å². The number of amides is 2. The van der Waals surface area contributed by atoms with E-state index in [2.05, 4.69) is 15.6 Å². The summed E-state index contributed by atoms with van der Waals surface area (Å²) in [6.45, 7) is 5.48. The molecule has 5 rings (SSSR count). The molecular formula is C25H26N4O4. The molecule has 8 nitrogen and oxygen atoms in total. The minimum atomic E-state index is -0.543. The molecule has 1 fully saturated rings. The van der Waals surface area contributed by atoms with E-state index in [0.29, 0.717) is 30.1 Å². The van der Waals surface area contributed by atoms with Crippen molar-refractivity contribution in [3.05, 3.63) is 60.6 Å². The zero-order valence-electron chi connectivity index (χ0n) is 18.8. The van der Waals surface area contributed by atoms with Crippen molar-refractivity contribution in [3.63, 3.8) is 0 Å². The summed E-state index contributed by atoms with van der Waals surface area (Å²) in [5, 5.41) is 8.10. The molecule has 0 unspecified atom stereocenters. The van der Waals surface area contributed by atoms with E-state index in [9.17, 15) is 9.59 Å². The Kier molecular flexibility index (Phi) is 5.08. The van der Waals surface area contributed by atoms with E-state index in [1.165, 1.54) is 6.26 Å². The van der Waals surface area contributed by atoms with Gasteiger partial charge in [0, 0.05) is 23.8 Å². The van der Waals surface area contributed by atoms with E-state index in [1.54, 1.807) is 10.6 Å².